The zero-order valence-electron chi connectivity index (χ0n) is 18.4. The fourth-order valence-corrected chi connectivity index (χ4v) is 7.77. The average molecular weight is 481 g/mol. The summed E-state index contributed by atoms with van der Waals surface area (Å²) in [5.41, 5.74) is 0.751. The quantitative estimate of drug-likeness (QED) is 0.653. The van der Waals surface area contributed by atoms with Crippen LogP contribution in [0.15, 0.2) is 52.3 Å². The van der Waals surface area contributed by atoms with E-state index >= 15 is 0 Å². The molecule has 1 spiro atoms. The second-order valence-electron chi connectivity index (χ2n) is 8.24. The van der Waals surface area contributed by atoms with Crippen molar-refractivity contribution in [3.05, 3.63) is 53.6 Å². The molecular weight excluding hydrogens is 452 g/mol. The molecule has 2 heterocycles. The van der Waals surface area contributed by atoms with Crippen molar-refractivity contribution in [3.63, 3.8) is 0 Å². The first-order valence-electron chi connectivity index (χ1n) is 10.5. The molecule has 2 saturated heterocycles. The third-order valence-electron chi connectivity index (χ3n) is 6.17. The maximum absolute atomic E-state index is 13.3. The van der Waals surface area contributed by atoms with Crippen LogP contribution in [0.5, 0.6) is 5.75 Å². The van der Waals surface area contributed by atoms with Crippen molar-refractivity contribution in [1.82, 2.24) is 8.61 Å². The Morgan fingerprint density at radius 2 is 1.50 bits per heavy atom. The van der Waals surface area contributed by atoms with Crippen LogP contribution in [0.1, 0.15) is 24.0 Å². The van der Waals surface area contributed by atoms with Gasteiger partial charge in [0, 0.05) is 32.5 Å². The highest BCUT2D eigenvalue weighted by Crippen LogP contribution is 2.40. The first kappa shape index (κ1) is 23.2. The first-order valence-corrected chi connectivity index (χ1v) is 13.4. The number of nitrogens with zero attached hydrogens (tertiary/aromatic N) is 2. The van der Waals surface area contributed by atoms with Gasteiger partial charge in [0.25, 0.3) is 0 Å². The van der Waals surface area contributed by atoms with Crippen LogP contribution in [0.2, 0.25) is 0 Å². The number of methoxy groups -OCH3 is 1. The molecule has 0 N–H and O–H groups in total. The number of sulfonamides is 2. The van der Waals surface area contributed by atoms with E-state index in [1.165, 1.54) is 15.7 Å². The number of aryl methyl sites for hydroxylation is 2. The second kappa shape index (κ2) is 8.42. The van der Waals surface area contributed by atoms with Crippen molar-refractivity contribution >= 4 is 20.0 Å². The Morgan fingerprint density at radius 3 is 2.12 bits per heavy atom. The van der Waals surface area contributed by atoms with Crippen LogP contribution in [0.3, 0.4) is 0 Å². The van der Waals surface area contributed by atoms with Crippen molar-refractivity contribution in [3.8, 4) is 5.75 Å². The molecule has 0 bridgehead atoms. The molecule has 2 aliphatic rings. The van der Waals surface area contributed by atoms with E-state index in [0.29, 0.717) is 0 Å². The zero-order chi connectivity index (χ0) is 23.1. The normalized spacial score (nSPS) is 20.0. The van der Waals surface area contributed by atoms with E-state index in [1.54, 1.807) is 42.5 Å². The summed E-state index contributed by atoms with van der Waals surface area (Å²) in [6.45, 7) is 4.55. The van der Waals surface area contributed by atoms with Crippen LogP contribution in [-0.2, 0) is 24.8 Å². The minimum Gasteiger partial charge on any atom is -0.495 e. The summed E-state index contributed by atoms with van der Waals surface area (Å²) in [4.78, 5) is 0.333. The van der Waals surface area contributed by atoms with Gasteiger partial charge in [0.1, 0.15) is 16.4 Å². The third-order valence-corrected chi connectivity index (χ3v) is 10.1. The summed E-state index contributed by atoms with van der Waals surface area (Å²) in [6.07, 6.45) is 0.511. The summed E-state index contributed by atoms with van der Waals surface area (Å²) in [7, 11) is -6.12. The van der Waals surface area contributed by atoms with Gasteiger partial charge in [-0.1, -0.05) is 23.8 Å². The maximum atomic E-state index is 13.3. The second-order valence-corrected chi connectivity index (χ2v) is 12.0. The van der Waals surface area contributed by atoms with E-state index in [-0.39, 0.29) is 54.6 Å². The van der Waals surface area contributed by atoms with Gasteiger partial charge in [0.2, 0.25) is 20.0 Å². The Kier molecular flexibility index (Phi) is 6.10. The average Bonchev–Trinajstić information content (AvgIpc) is 3.18. The van der Waals surface area contributed by atoms with E-state index < -0.39 is 25.8 Å². The molecule has 0 amide bonds. The Hall–Kier alpha value is -1.98. The lowest BCUT2D eigenvalue weighted by Gasteiger charge is -2.42. The summed E-state index contributed by atoms with van der Waals surface area (Å²) in [6, 6.07) is 11.8. The van der Waals surface area contributed by atoms with Gasteiger partial charge < -0.3 is 9.47 Å². The molecule has 2 aromatic rings. The van der Waals surface area contributed by atoms with Gasteiger partial charge in [-0.2, -0.15) is 8.61 Å². The number of ether oxygens (including phenoxy) is 2. The van der Waals surface area contributed by atoms with Crippen LogP contribution >= 0.6 is 0 Å². The third kappa shape index (κ3) is 3.94. The van der Waals surface area contributed by atoms with Gasteiger partial charge in [0.15, 0.2) is 0 Å². The number of hydrogen-bond donors (Lipinski definition) is 0. The first-order chi connectivity index (χ1) is 15.1. The summed E-state index contributed by atoms with van der Waals surface area (Å²) >= 11 is 0. The van der Waals surface area contributed by atoms with Gasteiger partial charge in [-0.15, -0.1) is 0 Å². The molecule has 2 aliphatic heterocycles. The number of rotatable bonds is 5. The molecule has 0 saturated carbocycles. The molecule has 0 aromatic heterocycles. The van der Waals surface area contributed by atoms with Crippen molar-refractivity contribution in [2.75, 3.05) is 33.4 Å². The molecule has 0 unspecified atom stereocenters. The Bertz CT molecular complexity index is 1200. The minimum absolute atomic E-state index is 0.118. The van der Waals surface area contributed by atoms with E-state index in [0.717, 1.165) is 11.1 Å². The smallest absolute Gasteiger partial charge is 0.246 e. The highest BCUT2D eigenvalue weighted by Gasteiger charge is 2.51. The zero-order valence-corrected chi connectivity index (χ0v) is 20.1. The van der Waals surface area contributed by atoms with Gasteiger partial charge >= 0.3 is 0 Å². The van der Waals surface area contributed by atoms with E-state index in [2.05, 4.69) is 0 Å². The fourth-order valence-electron chi connectivity index (χ4n) is 4.37. The Balaban J connectivity index is 1.58. The molecule has 0 aliphatic carbocycles. The molecule has 0 atom stereocenters. The topological polar surface area (TPSA) is 93.2 Å². The lowest BCUT2D eigenvalue weighted by atomic mass is 10.0. The van der Waals surface area contributed by atoms with Gasteiger partial charge in [-0.3, -0.25) is 0 Å². The Labute approximate surface area is 189 Å². The van der Waals surface area contributed by atoms with Crippen LogP contribution in [-0.4, -0.2) is 64.5 Å². The minimum atomic E-state index is -3.80. The van der Waals surface area contributed by atoms with Gasteiger partial charge in [-0.05, 0) is 43.7 Å². The molecule has 10 heteroatoms. The van der Waals surface area contributed by atoms with Crippen molar-refractivity contribution in [2.24, 2.45) is 0 Å². The van der Waals surface area contributed by atoms with Crippen LogP contribution in [0.25, 0.3) is 0 Å². The van der Waals surface area contributed by atoms with E-state index in [9.17, 15) is 16.8 Å². The molecule has 2 fully saturated rings. The predicted molar refractivity (Wildman–Crippen MR) is 119 cm³/mol. The lowest BCUT2D eigenvalue weighted by Crippen LogP contribution is -2.55. The van der Waals surface area contributed by atoms with Crippen LogP contribution < -0.4 is 4.74 Å². The SMILES string of the molecule is COc1ccc(C)cc1S(=O)(=O)N1CCC2(CC1)OCCN2S(=O)(=O)c1ccc(C)cc1. The van der Waals surface area contributed by atoms with Gasteiger partial charge in [0.05, 0.1) is 18.6 Å². The number of benzene rings is 2. The summed E-state index contributed by atoms with van der Waals surface area (Å²) in [5.74, 6) is 0.288. The lowest BCUT2D eigenvalue weighted by molar-refractivity contribution is -0.0806. The van der Waals surface area contributed by atoms with Crippen molar-refractivity contribution in [2.45, 2.75) is 42.2 Å². The molecule has 4 rings (SSSR count). The van der Waals surface area contributed by atoms with E-state index in [1.807, 2.05) is 13.8 Å². The molecule has 174 valence electrons. The molecule has 2 aromatic carbocycles. The molecular formula is C22H28N2O6S2. The Morgan fingerprint density at radius 1 is 0.875 bits per heavy atom. The van der Waals surface area contributed by atoms with E-state index in [4.69, 9.17) is 9.47 Å². The highest BCUT2D eigenvalue weighted by atomic mass is 32.2. The molecule has 8 nitrogen and oxygen atoms in total. The summed E-state index contributed by atoms with van der Waals surface area (Å²) in [5, 5.41) is 0. The number of piperidine rings is 1. The predicted octanol–water partition coefficient (Wildman–Crippen LogP) is 2.51. The largest absolute Gasteiger partial charge is 0.495 e. The standard InChI is InChI=1S/C22H28N2O6S2/c1-17-4-7-19(8-5-17)31(25,26)24-14-15-30-22(24)10-12-23(13-11-22)32(27,28)21-16-18(2)6-9-20(21)29-3/h4-9,16H,10-15H2,1-3H3. The molecule has 32 heavy (non-hydrogen) atoms. The summed E-state index contributed by atoms with van der Waals surface area (Å²) < 4.78 is 67.3. The van der Waals surface area contributed by atoms with Crippen LogP contribution in [0.4, 0.5) is 0 Å². The maximum Gasteiger partial charge on any atom is 0.246 e. The fraction of sp³-hybridized carbons (Fsp3) is 0.455. The number of hydrogen-bond acceptors (Lipinski definition) is 6. The van der Waals surface area contributed by atoms with Crippen LogP contribution in [0, 0.1) is 13.8 Å². The molecule has 0 radical (unpaired) electrons. The van der Waals surface area contributed by atoms with Crippen molar-refractivity contribution < 1.29 is 26.3 Å². The van der Waals surface area contributed by atoms with Crippen molar-refractivity contribution in [1.29, 1.82) is 0 Å². The monoisotopic (exact) mass is 480 g/mol. The van der Waals surface area contributed by atoms with Gasteiger partial charge in [-0.25, -0.2) is 16.8 Å². The highest BCUT2D eigenvalue weighted by molar-refractivity contribution is 7.89.